The highest BCUT2D eigenvalue weighted by atomic mass is 32.2. The quantitative estimate of drug-likeness (QED) is 0.400. The minimum atomic E-state index is -0.342. The number of amides is 1. The molecule has 0 aliphatic rings. The van der Waals surface area contributed by atoms with Crippen molar-refractivity contribution in [3.05, 3.63) is 59.4 Å². The molecule has 0 aliphatic heterocycles. The highest BCUT2D eigenvalue weighted by Crippen LogP contribution is 2.31. The molecular weight excluding hydrogens is 436 g/mol. The van der Waals surface area contributed by atoms with Crippen molar-refractivity contribution < 1.29 is 14.3 Å². The SMILES string of the molecule is COc1ccccc1OC(C)c1nnc(SCC(=O)Nc2c(C)cccc2C)n1CC(C)C. The van der Waals surface area contributed by atoms with Crippen molar-refractivity contribution in [1.29, 1.82) is 0 Å². The summed E-state index contributed by atoms with van der Waals surface area (Å²) in [7, 11) is 1.62. The van der Waals surface area contributed by atoms with Crippen molar-refractivity contribution in [2.45, 2.75) is 52.4 Å². The van der Waals surface area contributed by atoms with Crippen LogP contribution in [0, 0.1) is 19.8 Å². The summed E-state index contributed by atoms with van der Waals surface area (Å²) in [6, 6.07) is 13.5. The van der Waals surface area contributed by atoms with E-state index >= 15 is 0 Å². The number of hydrogen-bond acceptors (Lipinski definition) is 6. The molecule has 33 heavy (non-hydrogen) atoms. The number of benzene rings is 2. The molecule has 0 saturated heterocycles. The Morgan fingerprint density at radius 2 is 1.70 bits per heavy atom. The molecule has 1 unspecified atom stereocenters. The predicted octanol–water partition coefficient (Wildman–Crippen LogP) is 5.43. The second kappa shape index (κ2) is 11.2. The van der Waals surface area contributed by atoms with Crippen molar-refractivity contribution in [3.63, 3.8) is 0 Å². The first-order valence-electron chi connectivity index (χ1n) is 11.0. The second-order valence-electron chi connectivity index (χ2n) is 8.36. The van der Waals surface area contributed by atoms with E-state index in [9.17, 15) is 4.79 Å². The van der Waals surface area contributed by atoms with E-state index < -0.39 is 0 Å². The van der Waals surface area contributed by atoms with Gasteiger partial charge in [-0.05, 0) is 49.9 Å². The van der Waals surface area contributed by atoms with Crippen LogP contribution in [0.3, 0.4) is 0 Å². The molecule has 2 aromatic carbocycles. The van der Waals surface area contributed by atoms with Gasteiger partial charge in [-0.2, -0.15) is 0 Å². The third-order valence-corrected chi connectivity index (χ3v) is 6.07. The molecule has 0 saturated carbocycles. The lowest BCUT2D eigenvalue weighted by molar-refractivity contribution is -0.113. The number of carbonyl (C=O) groups is 1. The third-order valence-electron chi connectivity index (χ3n) is 5.11. The molecule has 0 aliphatic carbocycles. The molecule has 7 nitrogen and oxygen atoms in total. The van der Waals surface area contributed by atoms with E-state index in [1.165, 1.54) is 11.8 Å². The van der Waals surface area contributed by atoms with Crippen LogP contribution in [0.25, 0.3) is 0 Å². The number of aryl methyl sites for hydroxylation is 2. The smallest absolute Gasteiger partial charge is 0.234 e. The van der Waals surface area contributed by atoms with E-state index in [0.29, 0.717) is 28.4 Å². The summed E-state index contributed by atoms with van der Waals surface area (Å²) < 4.78 is 13.6. The Balaban J connectivity index is 1.74. The minimum absolute atomic E-state index is 0.0728. The van der Waals surface area contributed by atoms with Gasteiger partial charge in [-0.15, -0.1) is 10.2 Å². The largest absolute Gasteiger partial charge is 0.493 e. The molecule has 1 heterocycles. The maximum atomic E-state index is 12.6. The molecule has 0 bridgehead atoms. The van der Waals surface area contributed by atoms with Crippen LogP contribution < -0.4 is 14.8 Å². The van der Waals surface area contributed by atoms with Crippen LogP contribution >= 0.6 is 11.8 Å². The molecule has 1 N–H and O–H groups in total. The normalized spacial score (nSPS) is 12.0. The summed E-state index contributed by atoms with van der Waals surface area (Å²) in [6.45, 7) is 10.9. The van der Waals surface area contributed by atoms with E-state index in [0.717, 1.165) is 23.4 Å². The van der Waals surface area contributed by atoms with Gasteiger partial charge in [0.05, 0.1) is 12.9 Å². The van der Waals surface area contributed by atoms with Gasteiger partial charge in [-0.3, -0.25) is 4.79 Å². The second-order valence-corrected chi connectivity index (χ2v) is 9.30. The van der Waals surface area contributed by atoms with Gasteiger partial charge in [-0.25, -0.2) is 0 Å². The zero-order chi connectivity index (χ0) is 24.0. The fourth-order valence-electron chi connectivity index (χ4n) is 3.52. The molecule has 176 valence electrons. The number of methoxy groups -OCH3 is 1. The predicted molar refractivity (Wildman–Crippen MR) is 132 cm³/mol. The lowest BCUT2D eigenvalue weighted by Crippen LogP contribution is -2.18. The Morgan fingerprint density at radius 3 is 2.33 bits per heavy atom. The third kappa shape index (κ3) is 6.28. The maximum absolute atomic E-state index is 12.6. The lowest BCUT2D eigenvalue weighted by atomic mass is 10.1. The summed E-state index contributed by atoms with van der Waals surface area (Å²) >= 11 is 1.38. The standard InChI is InChI=1S/C25H32N4O3S/c1-16(2)14-29-24(19(5)32-21-13-8-7-12-20(21)31-6)27-28-25(29)33-15-22(30)26-23-17(3)10-9-11-18(23)4/h7-13,16,19H,14-15H2,1-6H3,(H,26,30). The number of anilines is 1. The number of para-hydroxylation sites is 3. The molecule has 0 radical (unpaired) electrons. The van der Waals surface area contributed by atoms with E-state index in [2.05, 4.69) is 29.4 Å². The number of thioether (sulfide) groups is 1. The maximum Gasteiger partial charge on any atom is 0.234 e. The zero-order valence-corrected chi connectivity index (χ0v) is 20.9. The molecule has 8 heteroatoms. The Kier molecular flexibility index (Phi) is 8.38. The molecular formula is C25H32N4O3S. The van der Waals surface area contributed by atoms with E-state index in [4.69, 9.17) is 9.47 Å². The average Bonchev–Trinajstić information content (AvgIpc) is 3.17. The van der Waals surface area contributed by atoms with Gasteiger partial charge in [0, 0.05) is 12.2 Å². The molecule has 0 spiro atoms. The molecule has 3 rings (SSSR count). The molecule has 1 amide bonds. The number of nitrogens with one attached hydrogen (secondary N) is 1. The number of nitrogens with zero attached hydrogens (tertiary/aromatic N) is 3. The van der Waals surface area contributed by atoms with Crippen molar-refractivity contribution in [3.8, 4) is 11.5 Å². The van der Waals surface area contributed by atoms with Gasteiger partial charge in [-0.1, -0.05) is 55.9 Å². The van der Waals surface area contributed by atoms with Gasteiger partial charge in [0.25, 0.3) is 0 Å². The Bertz CT molecular complexity index is 1080. The highest BCUT2D eigenvalue weighted by Gasteiger charge is 2.22. The van der Waals surface area contributed by atoms with Gasteiger partial charge < -0.3 is 19.4 Å². The number of ether oxygens (including phenoxy) is 2. The van der Waals surface area contributed by atoms with Crippen molar-refractivity contribution in [1.82, 2.24) is 14.8 Å². The van der Waals surface area contributed by atoms with Gasteiger partial charge in [0.2, 0.25) is 5.91 Å². The van der Waals surface area contributed by atoms with Crippen molar-refractivity contribution >= 4 is 23.4 Å². The monoisotopic (exact) mass is 468 g/mol. The molecule has 0 fully saturated rings. The van der Waals surface area contributed by atoms with E-state index in [1.807, 2.05) is 67.8 Å². The van der Waals surface area contributed by atoms with E-state index in [-0.39, 0.29) is 17.8 Å². The summed E-state index contributed by atoms with van der Waals surface area (Å²) in [5.41, 5.74) is 2.95. The summed E-state index contributed by atoms with van der Waals surface area (Å²) in [5.74, 6) is 2.57. The van der Waals surface area contributed by atoms with Crippen molar-refractivity contribution in [2.75, 3.05) is 18.2 Å². The molecule has 1 aromatic heterocycles. The van der Waals surface area contributed by atoms with Crippen LogP contribution in [0.15, 0.2) is 47.6 Å². The van der Waals surface area contributed by atoms with E-state index in [1.54, 1.807) is 7.11 Å². The summed E-state index contributed by atoms with van der Waals surface area (Å²) in [4.78, 5) is 12.6. The average molecular weight is 469 g/mol. The summed E-state index contributed by atoms with van der Waals surface area (Å²) in [6.07, 6.45) is -0.342. The minimum Gasteiger partial charge on any atom is -0.493 e. The van der Waals surface area contributed by atoms with Crippen LogP contribution in [-0.2, 0) is 11.3 Å². The summed E-state index contributed by atoms with van der Waals surface area (Å²) in [5, 5.41) is 12.5. The van der Waals surface area contributed by atoms with Crippen molar-refractivity contribution in [2.24, 2.45) is 5.92 Å². The van der Waals surface area contributed by atoms with Crippen LogP contribution in [0.4, 0.5) is 5.69 Å². The Morgan fingerprint density at radius 1 is 1.03 bits per heavy atom. The van der Waals surface area contributed by atoms with Crippen LogP contribution in [0.2, 0.25) is 0 Å². The Hall–Kier alpha value is -3.00. The first kappa shape index (κ1) is 24.6. The molecule has 3 aromatic rings. The first-order chi connectivity index (χ1) is 15.8. The number of rotatable bonds is 10. The fourth-order valence-corrected chi connectivity index (χ4v) is 4.28. The highest BCUT2D eigenvalue weighted by molar-refractivity contribution is 7.99. The zero-order valence-electron chi connectivity index (χ0n) is 20.1. The first-order valence-corrected chi connectivity index (χ1v) is 12.0. The number of aromatic nitrogens is 3. The van der Waals surface area contributed by atoms with Gasteiger partial charge in [0.1, 0.15) is 0 Å². The topological polar surface area (TPSA) is 78.3 Å². The van der Waals surface area contributed by atoms with Gasteiger partial charge in [0.15, 0.2) is 28.6 Å². The fraction of sp³-hybridized carbons (Fsp3) is 0.400. The lowest BCUT2D eigenvalue weighted by Gasteiger charge is -2.19. The molecule has 1 atom stereocenters. The number of hydrogen-bond donors (Lipinski definition) is 1. The Labute approximate surface area is 199 Å². The van der Waals surface area contributed by atoms with Crippen LogP contribution in [-0.4, -0.2) is 33.5 Å². The van der Waals surface area contributed by atoms with Crippen LogP contribution in [0.1, 0.15) is 43.8 Å². The number of carbonyl (C=O) groups excluding carboxylic acids is 1. The van der Waals surface area contributed by atoms with Crippen LogP contribution in [0.5, 0.6) is 11.5 Å². The van der Waals surface area contributed by atoms with Gasteiger partial charge >= 0.3 is 0 Å².